The minimum atomic E-state index is -2.87. The zero-order valence-corrected chi connectivity index (χ0v) is 19.2. The molecule has 3 N–H and O–H groups in total. The number of hydrogen-bond donors (Lipinski definition) is 3. The van der Waals surface area contributed by atoms with Crippen LogP contribution in [-0.2, 0) is 6.54 Å². The van der Waals surface area contributed by atoms with E-state index in [0.717, 1.165) is 10.0 Å². The van der Waals surface area contributed by atoms with Crippen molar-refractivity contribution in [2.45, 2.75) is 26.2 Å². The summed E-state index contributed by atoms with van der Waals surface area (Å²) in [5.41, 5.74) is 1.65. The van der Waals surface area contributed by atoms with E-state index >= 15 is 0 Å². The molecule has 0 saturated heterocycles. The van der Waals surface area contributed by atoms with E-state index in [1.165, 1.54) is 12.1 Å². The lowest BCUT2D eigenvalue weighted by atomic mass is 10.1. The van der Waals surface area contributed by atoms with Crippen LogP contribution in [0.1, 0.15) is 24.2 Å². The molecule has 1 atom stereocenters. The number of aliphatic hydroxyl groups excluding tert-OH is 1. The lowest BCUT2D eigenvalue weighted by Gasteiger charge is -2.16. The topological polar surface area (TPSA) is 65.9 Å². The summed E-state index contributed by atoms with van der Waals surface area (Å²) in [6, 6.07) is 13.8. The molecule has 0 heterocycles. The van der Waals surface area contributed by atoms with E-state index in [-0.39, 0.29) is 36.3 Å². The number of nitrogens with zero attached hydrogens (tertiary/aromatic N) is 1. The predicted molar refractivity (Wildman–Crippen MR) is 120 cm³/mol. The molecule has 154 valence electrons. The number of guanidine groups is 1. The van der Waals surface area contributed by atoms with Crippen molar-refractivity contribution in [2.75, 3.05) is 13.1 Å². The van der Waals surface area contributed by atoms with Gasteiger partial charge in [-0.05, 0) is 42.3 Å². The van der Waals surface area contributed by atoms with Gasteiger partial charge in [0.1, 0.15) is 5.75 Å². The van der Waals surface area contributed by atoms with Crippen molar-refractivity contribution in [3.8, 4) is 5.75 Å². The maximum atomic E-state index is 12.2. The van der Waals surface area contributed by atoms with Gasteiger partial charge >= 0.3 is 6.61 Å². The highest BCUT2D eigenvalue weighted by Gasteiger charge is 2.10. The maximum Gasteiger partial charge on any atom is 0.387 e. The number of aliphatic hydroxyl groups is 1. The van der Waals surface area contributed by atoms with Crippen LogP contribution in [0.25, 0.3) is 0 Å². The second-order valence-corrected chi connectivity index (χ2v) is 6.58. The number of halogens is 4. The normalized spacial score (nSPS) is 12.3. The third-order valence-corrected chi connectivity index (χ3v) is 4.16. The quantitative estimate of drug-likeness (QED) is 0.250. The number of nitrogens with one attached hydrogen (secondary N) is 2. The Morgan fingerprint density at radius 1 is 1.11 bits per heavy atom. The fourth-order valence-corrected chi connectivity index (χ4v) is 2.55. The van der Waals surface area contributed by atoms with Crippen molar-refractivity contribution in [3.63, 3.8) is 0 Å². The van der Waals surface area contributed by atoms with Crippen LogP contribution in [0.15, 0.2) is 58.0 Å². The highest BCUT2D eigenvalue weighted by Crippen LogP contribution is 2.19. The second-order valence-electron chi connectivity index (χ2n) is 5.67. The molecule has 1 unspecified atom stereocenters. The van der Waals surface area contributed by atoms with Crippen LogP contribution in [-0.4, -0.2) is 30.8 Å². The Kier molecular flexibility index (Phi) is 11.3. The Bertz CT molecular complexity index is 731. The standard InChI is InChI=1S/C19H22BrF2N3O2.HI/c1-2-23-19(24-11-13-3-7-15(20)8-4-13)25-12-17(26)14-5-9-16(10-6-14)27-18(21)22;/h3-10,17-18,26H,2,11-12H2,1H3,(H2,23,24,25);1H. The SMILES string of the molecule is CCNC(=NCc1ccc(Br)cc1)NCC(O)c1ccc(OC(F)F)cc1.I. The minimum Gasteiger partial charge on any atom is -0.435 e. The molecule has 0 aromatic heterocycles. The molecular formula is C19H23BrF2IN3O2. The molecule has 0 aliphatic heterocycles. The molecule has 0 fully saturated rings. The Labute approximate surface area is 188 Å². The Hall–Kier alpha value is -1.46. The van der Waals surface area contributed by atoms with Gasteiger partial charge in [0.15, 0.2) is 5.96 Å². The Morgan fingerprint density at radius 3 is 2.32 bits per heavy atom. The number of ether oxygens (including phenoxy) is 1. The van der Waals surface area contributed by atoms with Crippen LogP contribution in [0, 0.1) is 0 Å². The van der Waals surface area contributed by atoms with Gasteiger partial charge in [-0.3, -0.25) is 0 Å². The van der Waals surface area contributed by atoms with E-state index in [1.807, 2.05) is 31.2 Å². The smallest absolute Gasteiger partial charge is 0.387 e. The van der Waals surface area contributed by atoms with Crippen LogP contribution < -0.4 is 15.4 Å². The van der Waals surface area contributed by atoms with Gasteiger partial charge < -0.3 is 20.5 Å². The van der Waals surface area contributed by atoms with Crippen molar-refractivity contribution < 1.29 is 18.6 Å². The largest absolute Gasteiger partial charge is 0.435 e. The number of rotatable bonds is 8. The molecule has 0 aliphatic rings. The first-order valence-electron chi connectivity index (χ1n) is 8.47. The van der Waals surface area contributed by atoms with Crippen LogP contribution >= 0.6 is 39.9 Å². The van der Waals surface area contributed by atoms with Gasteiger partial charge in [-0.2, -0.15) is 8.78 Å². The Morgan fingerprint density at radius 2 is 1.75 bits per heavy atom. The molecule has 9 heteroatoms. The highest BCUT2D eigenvalue weighted by molar-refractivity contribution is 14.0. The van der Waals surface area contributed by atoms with Gasteiger partial charge in [-0.1, -0.05) is 40.2 Å². The van der Waals surface area contributed by atoms with E-state index in [9.17, 15) is 13.9 Å². The molecule has 5 nitrogen and oxygen atoms in total. The number of hydrogen-bond acceptors (Lipinski definition) is 3. The fourth-order valence-electron chi connectivity index (χ4n) is 2.28. The fraction of sp³-hybridized carbons (Fsp3) is 0.316. The van der Waals surface area contributed by atoms with Crippen LogP contribution in [0.2, 0.25) is 0 Å². The lowest BCUT2D eigenvalue weighted by Crippen LogP contribution is -2.39. The van der Waals surface area contributed by atoms with E-state index in [1.54, 1.807) is 12.1 Å². The first kappa shape index (κ1) is 24.6. The zero-order chi connectivity index (χ0) is 19.6. The van der Waals surface area contributed by atoms with Gasteiger partial charge in [0.25, 0.3) is 0 Å². The van der Waals surface area contributed by atoms with Crippen molar-refractivity contribution in [1.29, 1.82) is 0 Å². The average Bonchev–Trinajstić information content (AvgIpc) is 2.65. The van der Waals surface area contributed by atoms with Gasteiger partial charge in [0, 0.05) is 17.6 Å². The Balaban J connectivity index is 0.00000392. The van der Waals surface area contributed by atoms with Crippen molar-refractivity contribution in [2.24, 2.45) is 4.99 Å². The zero-order valence-electron chi connectivity index (χ0n) is 15.2. The van der Waals surface area contributed by atoms with Gasteiger partial charge in [-0.25, -0.2) is 4.99 Å². The number of benzene rings is 2. The van der Waals surface area contributed by atoms with Crippen molar-refractivity contribution in [3.05, 3.63) is 64.1 Å². The monoisotopic (exact) mass is 569 g/mol. The average molecular weight is 570 g/mol. The van der Waals surface area contributed by atoms with Crippen molar-refractivity contribution in [1.82, 2.24) is 10.6 Å². The maximum absolute atomic E-state index is 12.2. The summed E-state index contributed by atoms with van der Waals surface area (Å²) in [7, 11) is 0. The molecule has 28 heavy (non-hydrogen) atoms. The van der Waals surface area contributed by atoms with E-state index in [4.69, 9.17) is 0 Å². The molecule has 0 radical (unpaired) electrons. The molecule has 0 saturated carbocycles. The number of aliphatic imine (C=N–C) groups is 1. The number of alkyl halides is 2. The van der Waals surface area contributed by atoms with E-state index in [0.29, 0.717) is 24.6 Å². The molecule has 0 amide bonds. The van der Waals surface area contributed by atoms with Crippen LogP contribution in [0.4, 0.5) is 8.78 Å². The highest BCUT2D eigenvalue weighted by atomic mass is 127. The van der Waals surface area contributed by atoms with Gasteiger partial charge in [0.05, 0.1) is 12.6 Å². The molecule has 2 aromatic rings. The predicted octanol–water partition coefficient (Wildman–Crippen LogP) is 4.46. The third kappa shape index (κ3) is 8.70. The summed E-state index contributed by atoms with van der Waals surface area (Å²) in [6.45, 7) is 0.489. The van der Waals surface area contributed by atoms with Crippen LogP contribution in [0.5, 0.6) is 5.75 Å². The molecule has 0 bridgehead atoms. The second kappa shape index (κ2) is 12.9. The summed E-state index contributed by atoms with van der Waals surface area (Å²) >= 11 is 3.40. The van der Waals surface area contributed by atoms with Gasteiger partial charge in [0.2, 0.25) is 0 Å². The molecule has 0 spiro atoms. The van der Waals surface area contributed by atoms with Crippen molar-refractivity contribution >= 4 is 45.9 Å². The third-order valence-electron chi connectivity index (χ3n) is 3.63. The minimum absolute atomic E-state index is 0. The summed E-state index contributed by atoms with van der Waals surface area (Å²) in [6.07, 6.45) is -0.817. The molecule has 2 rings (SSSR count). The molecular weight excluding hydrogens is 547 g/mol. The summed E-state index contributed by atoms with van der Waals surface area (Å²) in [5.74, 6) is 0.635. The van der Waals surface area contributed by atoms with Crippen LogP contribution in [0.3, 0.4) is 0 Å². The molecule has 0 aliphatic carbocycles. The first-order chi connectivity index (χ1) is 13.0. The van der Waals surface area contributed by atoms with E-state index < -0.39 is 12.7 Å². The van der Waals surface area contributed by atoms with E-state index in [2.05, 4.69) is 36.3 Å². The summed E-state index contributed by atoms with van der Waals surface area (Å²) < 4.78 is 29.7. The summed E-state index contributed by atoms with van der Waals surface area (Å²) in [4.78, 5) is 4.49. The summed E-state index contributed by atoms with van der Waals surface area (Å²) in [5, 5.41) is 16.5. The van der Waals surface area contributed by atoms with Gasteiger partial charge in [-0.15, -0.1) is 24.0 Å². The first-order valence-corrected chi connectivity index (χ1v) is 9.26. The molecule has 2 aromatic carbocycles. The lowest BCUT2D eigenvalue weighted by molar-refractivity contribution is -0.0498.